The van der Waals surface area contributed by atoms with Gasteiger partial charge < -0.3 is 15.8 Å². The molecule has 0 amide bonds. The van der Waals surface area contributed by atoms with Crippen molar-refractivity contribution in [1.82, 2.24) is 10.2 Å². The van der Waals surface area contributed by atoms with E-state index in [9.17, 15) is 0 Å². The first kappa shape index (κ1) is 13.2. The highest BCUT2D eigenvalue weighted by Crippen LogP contribution is 2.20. The molecular weight excluding hydrogens is 248 g/mol. The van der Waals surface area contributed by atoms with E-state index in [1.165, 1.54) is 0 Å². The van der Waals surface area contributed by atoms with Gasteiger partial charge in [-0.1, -0.05) is 12.2 Å². The second kappa shape index (κ2) is 5.58. The molecule has 0 aliphatic carbocycles. The zero-order valence-corrected chi connectivity index (χ0v) is 11.5. The van der Waals surface area contributed by atoms with Gasteiger partial charge in [-0.05, 0) is 25.8 Å². The lowest BCUT2D eigenvalue weighted by atomic mass is 10.1. The molecule has 1 atom stereocenters. The number of aromatic nitrogens is 2. The molecule has 1 unspecified atom stereocenters. The minimum absolute atomic E-state index is 0.357. The van der Waals surface area contributed by atoms with Crippen LogP contribution in [0.1, 0.15) is 23.2 Å². The summed E-state index contributed by atoms with van der Waals surface area (Å²) in [5.74, 6) is 1.20. The van der Waals surface area contributed by atoms with Crippen LogP contribution >= 0.6 is 12.2 Å². The Balaban J connectivity index is 2.16. The van der Waals surface area contributed by atoms with E-state index in [0.29, 0.717) is 16.7 Å². The van der Waals surface area contributed by atoms with Gasteiger partial charge in [0.25, 0.3) is 0 Å². The highest BCUT2D eigenvalue weighted by molar-refractivity contribution is 7.80. The third-order valence-corrected chi connectivity index (χ3v) is 3.49. The fraction of sp³-hybridized carbons (Fsp3) is 0.583. The zero-order chi connectivity index (χ0) is 13.1. The van der Waals surface area contributed by atoms with Crippen molar-refractivity contribution in [2.75, 3.05) is 25.1 Å². The number of rotatable bonds is 4. The highest BCUT2D eigenvalue weighted by atomic mass is 32.1. The number of nitrogens with zero attached hydrogens (tertiary/aromatic N) is 2. The molecule has 1 saturated heterocycles. The number of anilines is 1. The maximum Gasteiger partial charge on any atom is 0.159 e. The van der Waals surface area contributed by atoms with Gasteiger partial charge in [0.2, 0.25) is 0 Å². The quantitative estimate of drug-likeness (QED) is 0.797. The molecule has 3 N–H and O–H groups in total. The summed E-state index contributed by atoms with van der Waals surface area (Å²) in [4.78, 5) is 0.357. The number of nitrogens with two attached hydrogens (primary N) is 1. The SMILES string of the molecule is Cc1nnc(NCC2CCOC2)c(C(N)=S)c1C. The summed E-state index contributed by atoms with van der Waals surface area (Å²) in [6, 6.07) is 0. The summed E-state index contributed by atoms with van der Waals surface area (Å²) in [6.07, 6.45) is 1.08. The fourth-order valence-electron chi connectivity index (χ4n) is 2.02. The van der Waals surface area contributed by atoms with Crippen molar-refractivity contribution >= 4 is 23.0 Å². The molecule has 0 saturated carbocycles. The van der Waals surface area contributed by atoms with Gasteiger partial charge in [-0.25, -0.2) is 0 Å². The van der Waals surface area contributed by atoms with Crippen LogP contribution in [0.15, 0.2) is 0 Å². The molecule has 6 heteroatoms. The van der Waals surface area contributed by atoms with Crippen LogP contribution in [0, 0.1) is 19.8 Å². The Kier molecular flexibility index (Phi) is 4.08. The van der Waals surface area contributed by atoms with Crippen molar-refractivity contribution in [3.05, 3.63) is 16.8 Å². The van der Waals surface area contributed by atoms with Crippen molar-refractivity contribution in [1.29, 1.82) is 0 Å². The minimum atomic E-state index is 0.357. The molecule has 1 aromatic rings. The van der Waals surface area contributed by atoms with Gasteiger partial charge >= 0.3 is 0 Å². The summed E-state index contributed by atoms with van der Waals surface area (Å²) in [5, 5.41) is 11.5. The Hall–Kier alpha value is -1.27. The van der Waals surface area contributed by atoms with Crippen LogP contribution < -0.4 is 11.1 Å². The highest BCUT2D eigenvalue weighted by Gasteiger charge is 2.18. The molecule has 98 valence electrons. The number of hydrogen-bond donors (Lipinski definition) is 2. The van der Waals surface area contributed by atoms with Crippen LogP contribution in [-0.2, 0) is 4.74 Å². The third kappa shape index (κ3) is 2.76. The average molecular weight is 266 g/mol. The number of ether oxygens (including phenoxy) is 1. The van der Waals surface area contributed by atoms with E-state index in [1.54, 1.807) is 0 Å². The fourth-order valence-corrected chi connectivity index (χ4v) is 2.27. The van der Waals surface area contributed by atoms with Gasteiger partial charge in [-0.15, -0.1) is 5.10 Å². The number of thiocarbonyl (C=S) groups is 1. The minimum Gasteiger partial charge on any atom is -0.389 e. The number of nitrogens with one attached hydrogen (secondary N) is 1. The van der Waals surface area contributed by atoms with Crippen molar-refractivity contribution in [2.24, 2.45) is 11.7 Å². The van der Waals surface area contributed by atoms with Crippen LogP contribution in [0.25, 0.3) is 0 Å². The lowest BCUT2D eigenvalue weighted by Crippen LogP contribution is -2.21. The van der Waals surface area contributed by atoms with Crippen LogP contribution in [0.4, 0.5) is 5.82 Å². The smallest absolute Gasteiger partial charge is 0.159 e. The van der Waals surface area contributed by atoms with E-state index < -0.39 is 0 Å². The van der Waals surface area contributed by atoms with Gasteiger partial charge in [-0.3, -0.25) is 0 Å². The summed E-state index contributed by atoms with van der Waals surface area (Å²) < 4.78 is 5.34. The lowest BCUT2D eigenvalue weighted by Gasteiger charge is -2.15. The molecule has 0 spiro atoms. The molecule has 1 fully saturated rings. The van der Waals surface area contributed by atoms with Gasteiger partial charge in [0.1, 0.15) is 4.99 Å². The predicted octanol–water partition coefficient (Wildman–Crippen LogP) is 1.18. The van der Waals surface area contributed by atoms with Gasteiger partial charge in [0.05, 0.1) is 17.9 Å². The van der Waals surface area contributed by atoms with E-state index in [0.717, 1.165) is 43.0 Å². The van der Waals surface area contributed by atoms with E-state index >= 15 is 0 Å². The molecule has 2 heterocycles. The molecule has 2 rings (SSSR count). The third-order valence-electron chi connectivity index (χ3n) is 3.28. The maximum atomic E-state index is 5.77. The van der Waals surface area contributed by atoms with Gasteiger partial charge in [0, 0.05) is 19.1 Å². The molecule has 1 aliphatic heterocycles. The first-order valence-corrected chi connectivity index (χ1v) is 6.45. The summed E-state index contributed by atoms with van der Waals surface area (Å²) >= 11 is 5.09. The Bertz CT molecular complexity index is 458. The first-order chi connectivity index (χ1) is 8.59. The van der Waals surface area contributed by atoms with E-state index in [4.69, 9.17) is 22.7 Å². The molecule has 5 nitrogen and oxygen atoms in total. The molecule has 0 radical (unpaired) electrons. The number of aryl methyl sites for hydroxylation is 1. The van der Waals surface area contributed by atoms with Crippen LogP contribution in [0.3, 0.4) is 0 Å². The molecule has 0 bridgehead atoms. The zero-order valence-electron chi connectivity index (χ0n) is 10.7. The standard InChI is InChI=1S/C12H18N4OS/c1-7-8(2)15-16-12(10(7)11(13)18)14-5-9-3-4-17-6-9/h9H,3-6H2,1-2H3,(H2,13,18)(H,14,16). The average Bonchev–Trinajstić information content (AvgIpc) is 2.83. The normalized spacial score (nSPS) is 18.9. The van der Waals surface area contributed by atoms with Gasteiger partial charge in [0.15, 0.2) is 5.82 Å². The lowest BCUT2D eigenvalue weighted by molar-refractivity contribution is 0.187. The molecule has 1 aromatic heterocycles. The van der Waals surface area contributed by atoms with E-state index in [-0.39, 0.29) is 0 Å². The van der Waals surface area contributed by atoms with Crippen LogP contribution in [-0.4, -0.2) is 34.9 Å². The Morgan fingerprint density at radius 3 is 2.89 bits per heavy atom. The van der Waals surface area contributed by atoms with Crippen molar-refractivity contribution < 1.29 is 4.74 Å². The van der Waals surface area contributed by atoms with Gasteiger partial charge in [-0.2, -0.15) is 5.10 Å². The van der Waals surface area contributed by atoms with Crippen LogP contribution in [0.5, 0.6) is 0 Å². The van der Waals surface area contributed by atoms with E-state index in [1.807, 2.05) is 13.8 Å². The molecule has 0 aromatic carbocycles. The second-order valence-corrected chi connectivity index (χ2v) is 5.05. The molecule has 1 aliphatic rings. The Morgan fingerprint density at radius 1 is 1.50 bits per heavy atom. The van der Waals surface area contributed by atoms with Crippen molar-refractivity contribution in [2.45, 2.75) is 20.3 Å². The largest absolute Gasteiger partial charge is 0.389 e. The topological polar surface area (TPSA) is 73.1 Å². The number of hydrogen-bond acceptors (Lipinski definition) is 5. The maximum absolute atomic E-state index is 5.77. The first-order valence-electron chi connectivity index (χ1n) is 6.05. The summed E-state index contributed by atoms with van der Waals surface area (Å²) in [7, 11) is 0. The summed E-state index contributed by atoms with van der Waals surface area (Å²) in [5.41, 5.74) is 8.41. The van der Waals surface area contributed by atoms with E-state index in [2.05, 4.69) is 15.5 Å². The Morgan fingerprint density at radius 2 is 2.28 bits per heavy atom. The Labute approximate surface area is 112 Å². The van der Waals surface area contributed by atoms with Crippen molar-refractivity contribution in [3.8, 4) is 0 Å². The summed E-state index contributed by atoms with van der Waals surface area (Å²) in [6.45, 7) is 6.31. The van der Waals surface area contributed by atoms with Crippen LogP contribution in [0.2, 0.25) is 0 Å². The second-order valence-electron chi connectivity index (χ2n) is 4.61. The molecular formula is C12H18N4OS. The van der Waals surface area contributed by atoms with Crippen molar-refractivity contribution in [3.63, 3.8) is 0 Å². The molecule has 18 heavy (non-hydrogen) atoms. The monoisotopic (exact) mass is 266 g/mol. The predicted molar refractivity (Wildman–Crippen MR) is 74.8 cm³/mol.